The van der Waals surface area contributed by atoms with Crippen molar-refractivity contribution in [3.8, 4) is 0 Å². The number of hydrogen-bond acceptors (Lipinski definition) is 4. The van der Waals surface area contributed by atoms with Gasteiger partial charge in [-0.25, -0.2) is 4.98 Å². The molecule has 2 atom stereocenters. The average Bonchev–Trinajstić information content (AvgIpc) is 3.08. The number of anilines is 2. The Hall–Kier alpha value is -1.84. The minimum Gasteiger partial charge on any atom is -0.355 e. The summed E-state index contributed by atoms with van der Waals surface area (Å²) in [4.78, 5) is 11.9. The number of benzene rings is 1. The Morgan fingerprint density at radius 3 is 2.67 bits per heavy atom. The lowest BCUT2D eigenvalue weighted by molar-refractivity contribution is 0.494. The Kier molecular flexibility index (Phi) is 3.17. The average molecular weight is 282 g/mol. The monoisotopic (exact) mass is 282 g/mol. The van der Waals surface area contributed by atoms with Crippen molar-refractivity contribution >= 4 is 22.7 Å². The molecule has 1 aliphatic carbocycles. The van der Waals surface area contributed by atoms with Crippen molar-refractivity contribution in [1.82, 2.24) is 9.97 Å². The normalized spacial score (nSPS) is 24.5. The molecule has 1 saturated heterocycles. The van der Waals surface area contributed by atoms with Crippen molar-refractivity contribution in [2.45, 2.75) is 26.2 Å². The van der Waals surface area contributed by atoms with Crippen molar-refractivity contribution in [3.05, 3.63) is 24.3 Å². The highest BCUT2D eigenvalue weighted by molar-refractivity contribution is 5.90. The van der Waals surface area contributed by atoms with Crippen LogP contribution in [0.3, 0.4) is 0 Å². The molecule has 1 saturated carbocycles. The van der Waals surface area contributed by atoms with E-state index in [2.05, 4.69) is 40.3 Å². The standard InChI is InChI=1S/C17H22N4/c1-2-18-17-19-15-9-4-3-8-14(15)16(20-17)21-10-12-6-5-7-13(12)11-21/h3-4,8-9,12-13H,2,5-7,10-11H2,1H3,(H,18,19,20). The third-order valence-corrected chi connectivity index (χ3v) is 4.94. The summed E-state index contributed by atoms with van der Waals surface area (Å²) in [6.45, 7) is 5.26. The SMILES string of the molecule is CCNc1nc(N2CC3CCCC3C2)c2ccccc2n1. The molecule has 1 aromatic heterocycles. The first-order valence-electron chi connectivity index (χ1n) is 8.10. The third-order valence-electron chi connectivity index (χ3n) is 4.94. The van der Waals surface area contributed by atoms with Crippen LogP contribution < -0.4 is 10.2 Å². The minimum absolute atomic E-state index is 0.753. The molecule has 1 N–H and O–H groups in total. The largest absolute Gasteiger partial charge is 0.355 e. The van der Waals surface area contributed by atoms with E-state index >= 15 is 0 Å². The summed E-state index contributed by atoms with van der Waals surface area (Å²) < 4.78 is 0. The van der Waals surface area contributed by atoms with Crippen LogP contribution in [0.5, 0.6) is 0 Å². The second kappa shape index (κ2) is 5.17. The molecule has 21 heavy (non-hydrogen) atoms. The second-order valence-electron chi connectivity index (χ2n) is 6.27. The Morgan fingerprint density at radius 2 is 1.90 bits per heavy atom. The van der Waals surface area contributed by atoms with Gasteiger partial charge in [0.05, 0.1) is 5.52 Å². The number of para-hydroxylation sites is 1. The molecule has 0 spiro atoms. The van der Waals surface area contributed by atoms with Crippen LogP contribution in [0, 0.1) is 11.8 Å². The van der Waals surface area contributed by atoms with E-state index in [1.165, 1.54) is 24.6 Å². The number of fused-ring (bicyclic) bond motifs is 2. The predicted molar refractivity (Wildman–Crippen MR) is 86.7 cm³/mol. The van der Waals surface area contributed by atoms with Gasteiger partial charge in [-0.2, -0.15) is 4.98 Å². The first-order valence-corrected chi connectivity index (χ1v) is 8.10. The maximum absolute atomic E-state index is 4.80. The molecule has 4 rings (SSSR count). The van der Waals surface area contributed by atoms with Gasteiger partial charge in [-0.3, -0.25) is 0 Å². The Labute approximate surface area is 125 Å². The van der Waals surface area contributed by atoms with Gasteiger partial charge in [0.1, 0.15) is 5.82 Å². The molecule has 2 heterocycles. The molecule has 2 aromatic rings. The fraction of sp³-hybridized carbons (Fsp3) is 0.529. The fourth-order valence-corrected chi connectivity index (χ4v) is 3.95. The van der Waals surface area contributed by atoms with E-state index in [9.17, 15) is 0 Å². The van der Waals surface area contributed by atoms with Crippen LogP contribution in [-0.4, -0.2) is 29.6 Å². The van der Waals surface area contributed by atoms with Crippen molar-refractivity contribution in [2.24, 2.45) is 11.8 Å². The number of rotatable bonds is 3. The summed E-state index contributed by atoms with van der Waals surface area (Å²) >= 11 is 0. The number of hydrogen-bond donors (Lipinski definition) is 1. The summed E-state index contributed by atoms with van der Waals surface area (Å²) in [7, 11) is 0. The molecule has 2 unspecified atom stereocenters. The van der Waals surface area contributed by atoms with Crippen LogP contribution in [0.15, 0.2) is 24.3 Å². The highest BCUT2D eigenvalue weighted by Gasteiger charge is 2.37. The van der Waals surface area contributed by atoms with Crippen LogP contribution in [0.2, 0.25) is 0 Å². The van der Waals surface area contributed by atoms with Crippen LogP contribution >= 0.6 is 0 Å². The number of nitrogens with zero attached hydrogens (tertiary/aromatic N) is 3. The van der Waals surface area contributed by atoms with E-state index in [0.29, 0.717) is 0 Å². The zero-order chi connectivity index (χ0) is 14.2. The van der Waals surface area contributed by atoms with Gasteiger partial charge < -0.3 is 10.2 Å². The predicted octanol–water partition coefficient (Wildman–Crippen LogP) is 3.30. The van der Waals surface area contributed by atoms with Crippen molar-refractivity contribution in [2.75, 3.05) is 29.9 Å². The van der Waals surface area contributed by atoms with E-state index in [1.807, 2.05) is 6.07 Å². The molecule has 1 aromatic carbocycles. The lowest BCUT2D eigenvalue weighted by Crippen LogP contribution is -2.23. The molecule has 0 amide bonds. The molecule has 110 valence electrons. The molecule has 0 radical (unpaired) electrons. The third kappa shape index (κ3) is 2.23. The second-order valence-corrected chi connectivity index (χ2v) is 6.27. The minimum atomic E-state index is 0.753. The van der Waals surface area contributed by atoms with Crippen LogP contribution in [0.4, 0.5) is 11.8 Å². The summed E-state index contributed by atoms with van der Waals surface area (Å²) in [5, 5.41) is 4.44. The van der Waals surface area contributed by atoms with E-state index in [1.54, 1.807) is 0 Å². The van der Waals surface area contributed by atoms with E-state index < -0.39 is 0 Å². The van der Waals surface area contributed by atoms with Gasteiger partial charge in [0.15, 0.2) is 0 Å². The van der Waals surface area contributed by atoms with E-state index in [-0.39, 0.29) is 0 Å². The summed E-state index contributed by atoms with van der Waals surface area (Å²) in [6.07, 6.45) is 4.20. The molecule has 4 nitrogen and oxygen atoms in total. The lowest BCUT2D eigenvalue weighted by atomic mass is 10.0. The topological polar surface area (TPSA) is 41.1 Å². The van der Waals surface area contributed by atoms with Gasteiger partial charge >= 0.3 is 0 Å². The number of aromatic nitrogens is 2. The van der Waals surface area contributed by atoms with Gasteiger partial charge in [-0.1, -0.05) is 18.6 Å². The smallest absolute Gasteiger partial charge is 0.225 e. The zero-order valence-electron chi connectivity index (χ0n) is 12.5. The summed E-state index contributed by atoms with van der Waals surface area (Å²) in [5.41, 5.74) is 1.04. The van der Waals surface area contributed by atoms with E-state index in [4.69, 9.17) is 4.98 Å². The summed E-state index contributed by atoms with van der Waals surface area (Å²) in [5.74, 6) is 3.62. The maximum Gasteiger partial charge on any atom is 0.225 e. The molecular formula is C17H22N4. The summed E-state index contributed by atoms with van der Waals surface area (Å²) in [6, 6.07) is 8.36. The first-order chi connectivity index (χ1) is 10.3. The van der Waals surface area contributed by atoms with Crippen molar-refractivity contribution < 1.29 is 0 Å². The Bertz CT molecular complexity index is 642. The molecule has 0 bridgehead atoms. The highest BCUT2D eigenvalue weighted by Crippen LogP contribution is 2.40. The van der Waals surface area contributed by atoms with Crippen LogP contribution in [0.25, 0.3) is 10.9 Å². The molecule has 2 aliphatic rings. The highest BCUT2D eigenvalue weighted by atomic mass is 15.2. The van der Waals surface area contributed by atoms with Crippen molar-refractivity contribution in [3.63, 3.8) is 0 Å². The Balaban J connectivity index is 1.76. The van der Waals surface area contributed by atoms with Gasteiger partial charge in [-0.15, -0.1) is 0 Å². The maximum atomic E-state index is 4.80. The number of nitrogens with one attached hydrogen (secondary N) is 1. The molecular weight excluding hydrogens is 260 g/mol. The lowest BCUT2D eigenvalue weighted by Gasteiger charge is -2.21. The molecule has 2 fully saturated rings. The molecule has 1 aliphatic heterocycles. The van der Waals surface area contributed by atoms with Crippen molar-refractivity contribution in [1.29, 1.82) is 0 Å². The van der Waals surface area contributed by atoms with Gasteiger partial charge in [0.2, 0.25) is 5.95 Å². The van der Waals surface area contributed by atoms with Crippen LogP contribution in [0.1, 0.15) is 26.2 Å². The quantitative estimate of drug-likeness (QED) is 0.938. The van der Waals surface area contributed by atoms with Crippen LogP contribution in [-0.2, 0) is 0 Å². The van der Waals surface area contributed by atoms with Gasteiger partial charge in [-0.05, 0) is 43.7 Å². The van der Waals surface area contributed by atoms with Gasteiger partial charge in [0, 0.05) is 25.0 Å². The Morgan fingerprint density at radius 1 is 1.14 bits per heavy atom. The zero-order valence-corrected chi connectivity index (χ0v) is 12.5. The first kappa shape index (κ1) is 12.9. The van der Waals surface area contributed by atoms with E-state index in [0.717, 1.165) is 48.8 Å². The van der Waals surface area contributed by atoms with Gasteiger partial charge in [0.25, 0.3) is 0 Å². The fourth-order valence-electron chi connectivity index (χ4n) is 3.95. The molecule has 4 heteroatoms.